The molecule has 2 aromatic rings. The summed E-state index contributed by atoms with van der Waals surface area (Å²) in [6.45, 7) is 3.81. The first-order valence-corrected chi connectivity index (χ1v) is 10.6. The monoisotopic (exact) mass is 418 g/mol. The van der Waals surface area contributed by atoms with E-state index in [4.69, 9.17) is 9.47 Å². The van der Waals surface area contributed by atoms with Crippen molar-refractivity contribution in [2.75, 3.05) is 26.8 Å². The Hall–Kier alpha value is -2.84. The molecule has 0 aromatic heterocycles. The van der Waals surface area contributed by atoms with Gasteiger partial charge >= 0.3 is 0 Å². The number of nitrogens with one attached hydrogen (secondary N) is 2. The molecule has 0 radical (unpaired) electrons. The molecule has 8 heteroatoms. The molecule has 0 saturated heterocycles. The van der Waals surface area contributed by atoms with Gasteiger partial charge in [0.05, 0.1) is 12.0 Å². The normalized spacial score (nSPS) is 11.4. The summed E-state index contributed by atoms with van der Waals surface area (Å²) in [5.74, 6) is 0.620. The second-order valence-electron chi connectivity index (χ2n) is 6.26. The van der Waals surface area contributed by atoms with Crippen LogP contribution in [0.2, 0.25) is 0 Å². The van der Waals surface area contributed by atoms with Crippen molar-refractivity contribution in [3.63, 3.8) is 0 Å². The van der Waals surface area contributed by atoms with E-state index >= 15 is 0 Å². The SMILES string of the molecule is CC=Cc1ccc(OCC(=O)NCCNS(=O)(=O)c2ccc(C)cc2)c(OC)c1. The highest BCUT2D eigenvalue weighted by Gasteiger charge is 2.13. The number of carbonyl (C=O) groups is 1. The molecule has 0 heterocycles. The number of aryl methyl sites for hydroxylation is 1. The number of sulfonamides is 1. The molecule has 156 valence electrons. The summed E-state index contributed by atoms with van der Waals surface area (Å²) in [5.41, 5.74) is 1.94. The van der Waals surface area contributed by atoms with E-state index in [9.17, 15) is 13.2 Å². The van der Waals surface area contributed by atoms with E-state index in [0.717, 1.165) is 11.1 Å². The zero-order chi connectivity index (χ0) is 21.3. The molecular weight excluding hydrogens is 392 g/mol. The Bertz CT molecular complexity index is 954. The summed E-state index contributed by atoms with van der Waals surface area (Å²) in [5, 5.41) is 2.61. The molecule has 29 heavy (non-hydrogen) atoms. The van der Waals surface area contributed by atoms with Gasteiger partial charge in [-0.1, -0.05) is 35.9 Å². The number of amides is 1. The van der Waals surface area contributed by atoms with Gasteiger partial charge in [-0.2, -0.15) is 0 Å². The van der Waals surface area contributed by atoms with Gasteiger partial charge in [0.1, 0.15) is 0 Å². The third-order valence-corrected chi connectivity index (χ3v) is 5.45. The fourth-order valence-corrected chi connectivity index (χ4v) is 3.51. The average molecular weight is 419 g/mol. The molecule has 0 saturated carbocycles. The van der Waals surface area contributed by atoms with Gasteiger partial charge in [-0.15, -0.1) is 0 Å². The van der Waals surface area contributed by atoms with Crippen LogP contribution in [0.5, 0.6) is 11.5 Å². The number of allylic oxidation sites excluding steroid dienone is 1. The Kier molecular flexibility index (Phi) is 8.23. The maximum Gasteiger partial charge on any atom is 0.257 e. The van der Waals surface area contributed by atoms with Gasteiger partial charge in [-0.25, -0.2) is 13.1 Å². The van der Waals surface area contributed by atoms with Crippen LogP contribution in [0.3, 0.4) is 0 Å². The number of hydrogen-bond acceptors (Lipinski definition) is 5. The van der Waals surface area contributed by atoms with Gasteiger partial charge in [0, 0.05) is 13.1 Å². The average Bonchev–Trinajstić information content (AvgIpc) is 2.70. The van der Waals surface area contributed by atoms with Crippen molar-refractivity contribution in [1.82, 2.24) is 10.0 Å². The molecule has 1 amide bonds. The Balaban J connectivity index is 1.78. The van der Waals surface area contributed by atoms with E-state index in [1.807, 2.05) is 38.1 Å². The number of hydrogen-bond donors (Lipinski definition) is 2. The van der Waals surface area contributed by atoms with Crippen LogP contribution in [0.25, 0.3) is 6.08 Å². The predicted octanol–water partition coefficient (Wildman–Crippen LogP) is 2.51. The fraction of sp³-hybridized carbons (Fsp3) is 0.286. The van der Waals surface area contributed by atoms with E-state index < -0.39 is 10.0 Å². The van der Waals surface area contributed by atoms with Crippen molar-refractivity contribution in [3.8, 4) is 11.5 Å². The minimum Gasteiger partial charge on any atom is -0.493 e. The lowest BCUT2D eigenvalue weighted by Gasteiger charge is -2.12. The lowest BCUT2D eigenvalue weighted by atomic mass is 10.2. The maximum atomic E-state index is 12.2. The highest BCUT2D eigenvalue weighted by Crippen LogP contribution is 2.28. The minimum absolute atomic E-state index is 0.0727. The summed E-state index contributed by atoms with van der Waals surface area (Å²) in [4.78, 5) is 12.1. The second kappa shape index (κ2) is 10.6. The van der Waals surface area contributed by atoms with Crippen LogP contribution in [0, 0.1) is 6.92 Å². The number of ether oxygens (including phenoxy) is 2. The third kappa shape index (κ3) is 6.92. The van der Waals surface area contributed by atoms with Gasteiger partial charge in [0.15, 0.2) is 18.1 Å². The van der Waals surface area contributed by atoms with E-state index in [1.54, 1.807) is 30.3 Å². The van der Waals surface area contributed by atoms with Crippen LogP contribution in [-0.4, -0.2) is 41.1 Å². The Morgan fingerprint density at radius 1 is 1.07 bits per heavy atom. The zero-order valence-corrected chi connectivity index (χ0v) is 17.6. The number of rotatable bonds is 10. The van der Waals surface area contributed by atoms with E-state index in [-0.39, 0.29) is 30.5 Å². The van der Waals surface area contributed by atoms with Crippen molar-refractivity contribution in [3.05, 3.63) is 59.7 Å². The van der Waals surface area contributed by atoms with Crippen LogP contribution < -0.4 is 19.5 Å². The molecule has 0 spiro atoms. The first-order chi connectivity index (χ1) is 13.9. The van der Waals surface area contributed by atoms with Gasteiger partial charge in [-0.3, -0.25) is 4.79 Å². The summed E-state index contributed by atoms with van der Waals surface area (Å²) >= 11 is 0. The van der Waals surface area contributed by atoms with E-state index in [2.05, 4.69) is 10.0 Å². The zero-order valence-electron chi connectivity index (χ0n) is 16.8. The molecule has 0 bridgehead atoms. The molecule has 0 atom stereocenters. The lowest BCUT2D eigenvalue weighted by molar-refractivity contribution is -0.123. The molecule has 2 rings (SSSR count). The number of benzene rings is 2. The number of carbonyl (C=O) groups excluding carboxylic acids is 1. The standard InChI is InChI=1S/C21H26N2O5S/c1-4-5-17-8-11-19(20(14-17)27-3)28-15-21(24)22-12-13-23-29(25,26)18-9-6-16(2)7-10-18/h4-11,14,23H,12-13,15H2,1-3H3,(H,22,24). The maximum absolute atomic E-state index is 12.2. The minimum atomic E-state index is -3.60. The molecule has 0 aliphatic heterocycles. The summed E-state index contributed by atoms with van der Waals surface area (Å²) in [6, 6.07) is 11.9. The summed E-state index contributed by atoms with van der Waals surface area (Å²) < 4.78 is 37.6. The van der Waals surface area contributed by atoms with Gasteiger partial charge in [0.2, 0.25) is 10.0 Å². The fourth-order valence-electron chi connectivity index (χ4n) is 2.48. The largest absolute Gasteiger partial charge is 0.493 e. The molecular formula is C21H26N2O5S. The van der Waals surface area contributed by atoms with Crippen LogP contribution in [0.15, 0.2) is 53.4 Å². The lowest BCUT2D eigenvalue weighted by Crippen LogP contribution is -2.36. The van der Waals surface area contributed by atoms with Gasteiger partial charge in [0.25, 0.3) is 5.91 Å². The van der Waals surface area contributed by atoms with Crippen LogP contribution >= 0.6 is 0 Å². The first-order valence-electron chi connectivity index (χ1n) is 9.12. The smallest absolute Gasteiger partial charge is 0.257 e. The van der Waals surface area contributed by atoms with Gasteiger partial charge in [-0.05, 0) is 43.7 Å². The molecule has 7 nitrogen and oxygen atoms in total. The van der Waals surface area contributed by atoms with E-state index in [0.29, 0.717) is 11.5 Å². The van der Waals surface area contributed by atoms with Crippen molar-refractivity contribution >= 4 is 22.0 Å². The van der Waals surface area contributed by atoms with Gasteiger partial charge < -0.3 is 14.8 Å². The second-order valence-corrected chi connectivity index (χ2v) is 8.03. The highest BCUT2D eigenvalue weighted by molar-refractivity contribution is 7.89. The Morgan fingerprint density at radius 3 is 2.45 bits per heavy atom. The van der Waals surface area contributed by atoms with Crippen molar-refractivity contribution in [1.29, 1.82) is 0 Å². The Morgan fingerprint density at radius 2 is 1.79 bits per heavy atom. The molecule has 0 aliphatic rings. The third-order valence-electron chi connectivity index (χ3n) is 3.98. The quantitative estimate of drug-likeness (QED) is 0.578. The number of methoxy groups -OCH3 is 1. The van der Waals surface area contributed by atoms with Crippen LogP contribution in [0.4, 0.5) is 0 Å². The summed E-state index contributed by atoms with van der Waals surface area (Å²) in [6.07, 6.45) is 3.84. The van der Waals surface area contributed by atoms with Crippen molar-refractivity contribution in [2.45, 2.75) is 18.7 Å². The van der Waals surface area contributed by atoms with Crippen LogP contribution in [0.1, 0.15) is 18.1 Å². The van der Waals surface area contributed by atoms with Crippen LogP contribution in [-0.2, 0) is 14.8 Å². The van der Waals surface area contributed by atoms with Crippen molar-refractivity contribution in [2.24, 2.45) is 0 Å². The molecule has 0 fully saturated rings. The molecule has 2 N–H and O–H groups in total. The molecule has 0 aliphatic carbocycles. The molecule has 2 aromatic carbocycles. The van der Waals surface area contributed by atoms with E-state index in [1.165, 1.54) is 7.11 Å². The highest BCUT2D eigenvalue weighted by atomic mass is 32.2. The topological polar surface area (TPSA) is 93.7 Å². The van der Waals surface area contributed by atoms with Crippen molar-refractivity contribution < 1.29 is 22.7 Å². The first kappa shape index (κ1) is 22.4. The summed E-state index contributed by atoms with van der Waals surface area (Å²) in [7, 11) is -2.07. The molecule has 0 unspecified atom stereocenters. The predicted molar refractivity (Wildman–Crippen MR) is 113 cm³/mol. The Labute approximate surface area is 171 Å².